The zero-order valence-corrected chi connectivity index (χ0v) is 6.92. The average Bonchev–Trinajstić information content (AvgIpc) is 2.02. The van der Waals surface area contributed by atoms with Crippen LogP contribution in [0.3, 0.4) is 0 Å². The van der Waals surface area contributed by atoms with Gasteiger partial charge >= 0.3 is 5.97 Å². The molecule has 0 radical (unpaired) electrons. The Morgan fingerprint density at radius 2 is 2.38 bits per heavy atom. The molecule has 0 unspecified atom stereocenters. The lowest BCUT2D eigenvalue weighted by Crippen LogP contribution is -2.50. The van der Waals surface area contributed by atoms with E-state index in [1.807, 2.05) is 11.0 Å². The van der Waals surface area contributed by atoms with Crippen LogP contribution < -0.4 is 4.90 Å². The van der Waals surface area contributed by atoms with E-state index >= 15 is 0 Å². The summed E-state index contributed by atoms with van der Waals surface area (Å²) < 4.78 is 0. The molecule has 68 valence electrons. The number of aromatic nitrogens is 2. The van der Waals surface area contributed by atoms with Gasteiger partial charge < -0.3 is 10.0 Å². The third kappa shape index (κ3) is 1.44. The van der Waals surface area contributed by atoms with E-state index in [0.717, 1.165) is 5.82 Å². The average molecular weight is 179 g/mol. The molecule has 0 atom stereocenters. The quantitative estimate of drug-likeness (QED) is 0.692. The molecule has 0 aromatic carbocycles. The Labute approximate surface area is 75.0 Å². The summed E-state index contributed by atoms with van der Waals surface area (Å²) >= 11 is 0. The van der Waals surface area contributed by atoms with Gasteiger partial charge in [0, 0.05) is 19.3 Å². The van der Waals surface area contributed by atoms with Crippen LogP contribution >= 0.6 is 0 Å². The van der Waals surface area contributed by atoms with Crippen LogP contribution in [0.5, 0.6) is 0 Å². The number of hydrogen-bond acceptors (Lipinski definition) is 4. The van der Waals surface area contributed by atoms with Crippen molar-refractivity contribution >= 4 is 11.8 Å². The molecule has 1 N–H and O–H groups in total. The maximum atomic E-state index is 10.5. The fourth-order valence-electron chi connectivity index (χ4n) is 1.28. The number of carboxylic acid groups (broad SMARTS) is 1. The van der Waals surface area contributed by atoms with Gasteiger partial charge in [-0.2, -0.15) is 5.10 Å². The molecular weight excluding hydrogens is 170 g/mol. The highest BCUT2D eigenvalue weighted by atomic mass is 16.4. The number of rotatable bonds is 2. The van der Waals surface area contributed by atoms with Crippen LogP contribution in [0.25, 0.3) is 0 Å². The highest BCUT2D eigenvalue weighted by Gasteiger charge is 2.33. The van der Waals surface area contributed by atoms with Crippen LogP contribution in [0.4, 0.5) is 5.82 Å². The summed E-state index contributed by atoms with van der Waals surface area (Å²) in [5, 5.41) is 16.2. The Morgan fingerprint density at radius 3 is 2.92 bits per heavy atom. The molecule has 0 aliphatic carbocycles. The maximum Gasteiger partial charge on any atom is 0.310 e. The van der Waals surface area contributed by atoms with Crippen molar-refractivity contribution in [3.8, 4) is 0 Å². The first kappa shape index (κ1) is 7.97. The van der Waals surface area contributed by atoms with Crippen LogP contribution in [-0.4, -0.2) is 34.4 Å². The van der Waals surface area contributed by atoms with Crippen LogP contribution in [0.1, 0.15) is 0 Å². The minimum absolute atomic E-state index is 0.248. The number of carbonyl (C=O) groups is 1. The van der Waals surface area contributed by atoms with E-state index in [4.69, 9.17) is 5.11 Å². The molecule has 1 aromatic heterocycles. The highest BCUT2D eigenvalue weighted by Crippen LogP contribution is 2.21. The maximum absolute atomic E-state index is 10.5. The lowest BCUT2D eigenvalue weighted by atomic mass is 10.0. The third-order valence-electron chi connectivity index (χ3n) is 2.11. The van der Waals surface area contributed by atoms with Crippen molar-refractivity contribution in [3.05, 3.63) is 18.3 Å². The lowest BCUT2D eigenvalue weighted by molar-refractivity contribution is -0.142. The number of nitrogens with zero attached hydrogens (tertiary/aromatic N) is 3. The van der Waals surface area contributed by atoms with Crippen LogP contribution in [-0.2, 0) is 4.79 Å². The van der Waals surface area contributed by atoms with Crippen molar-refractivity contribution < 1.29 is 9.90 Å². The van der Waals surface area contributed by atoms with Crippen molar-refractivity contribution in [1.82, 2.24) is 10.2 Å². The van der Waals surface area contributed by atoms with Crippen LogP contribution in [0, 0.1) is 5.92 Å². The first-order chi connectivity index (χ1) is 6.27. The third-order valence-corrected chi connectivity index (χ3v) is 2.11. The Morgan fingerprint density at radius 1 is 1.62 bits per heavy atom. The summed E-state index contributed by atoms with van der Waals surface area (Å²) in [4.78, 5) is 12.4. The van der Waals surface area contributed by atoms with Gasteiger partial charge in [-0.1, -0.05) is 0 Å². The van der Waals surface area contributed by atoms with E-state index in [9.17, 15) is 4.79 Å². The summed E-state index contributed by atoms with van der Waals surface area (Å²) in [5.74, 6) is -0.234. The summed E-state index contributed by atoms with van der Waals surface area (Å²) in [5.41, 5.74) is 0. The molecule has 2 rings (SSSR count). The minimum Gasteiger partial charge on any atom is -0.481 e. The van der Waals surface area contributed by atoms with Crippen molar-refractivity contribution in [2.45, 2.75) is 0 Å². The second-order valence-electron chi connectivity index (χ2n) is 3.02. The number of hydrogen-bond donors (Lipinski definition) is 1. The molecule has 1 aliphatic rings. The van der Waals surface area contributed by atoms with Gasteiger partial charge in [-0.25, -0.2) is 0 Å². The zero-order chi connectivity index (χ0) is 9.26. The second-order valence-corrected chi connectivity index (χ2v) is 3.02. The lowest BCUT2D eigenvalue weighted by Gasteiger charge is -2.37. The first-order valence-corrected chi connectivity index (χ1v) is 4.03. The van der Waals surface area contributed by atoms with Gasteiger partial charge in [0.1, 0.15) is 0 Å². The molecule has 0 amide bonds. The van der Waals surface area contributed by atoms with Crippen LogP contribution in [0.2, 0.25) is 0 Å². The Hall–Kier alpha value is -1.65. The number of anilines is 1. The Balaban J connectivity index is 1.98. The molecule has 1 aromatic rings. The highest BCUT2D eigenvalue weighted by molar-refractivity contribution is 5.74. The van der Waals surface area contributed by atoms with E-state index in [1.165, 1.54) is 0 Å². The summed E-state index contributed by atoms with van der Waals surface area (Å²) in [7, 11) is 0. The summed E-state index contributed by atoms with van der Waals surface area (Å²) in [6, 6.07) is 3.61. The van der Waals surface area contributed by atoms with E-state index < -0.39 is 5.97 Å². The Bertz CT molecular complexity index is 308. The molecule has 5 nitrogen and oxygen atoms in total. The largest absolute Gasteiger partial charge is 0.481 e. The van der Waals surface area contributed by atoms with Gasteiger partial charge in [0.25, 0.3) is 0 Å². The van der Waals surface area contributed by atoms with E-state index in [2.05, 4.69) is 10.2 Å². The molecule has 13 heavy (non-hydrogen) atoms. The molecule has 1 fully saturated rings. The van der Waals surface area contributed by atoms with Crippen molar-refractivity contribution in [2.75, 3.05) is 18.0 Å². The fourth-order valence-corrected chi connectivity index (χ4v) is 1.28. The molecule has 5 heteroatoms. The standard InChI is InChI=1S/C8H9N3O2/c12-8(13)6-4-11(5-6)7-2-1-3-9-10-7/h1-3,6H,4-5H2,(H,12,13). The zero-order valence-electron chi connectivity index (χ0n) is 6.92. The molecule has 1 saturated heterocycles. The predicted molar refractivity (Wildman–Crippen MR) is 45.4 cm³/mol. The van der Waals surface area contributed by atoms with E-state index in [1.54, 1.807) is 12.3 Å². The molecule has 0 saturated carbocycles. The van der Waals surface area contributed by atoms with Gasteiger partial charge in [-0.3, -0.25) is 4.79 Å². The fraction of sp³-hybridized carbons (Fsp3) is 0.375. The molecular formula is C8H9N3O2. The van der Waals surface area contributed by atoms with Gasteiger partial charge in [-0.15, -0.1) is 5.10 Å². The summed E-state index contributed by atoms with van der Waals surface area (Å²) in [6.45, 7) is 1.07. The monoisotopic (exact) mass is 179 g/mol. The van der Waals surface area contributed by atoms with Gasteiger partial charge in [0.05, 0.1) is 5.92 Å². The number of carboxylic acids is 1. The van der Waals surface area contributed by atoms with E-state index in [0.29, 0.717) is 13.1 Å². The topological polar surface area (TPSA) is 66.3 Å². The van der Waals surface area contributed by atoms with Crippen LogP contribution in [0.15, 0.2) is 18.3 Å². The van der Waals surface area contributed by atoms with Gasteiger partial charge in [0.15, 0.2) is 5.82 Å². The minimum atomic E-state index is -0.736. The SMILES string of the molecule is O=C(O)C1CN(c2cccnn2)C1. The van der Waals surface area contributed by atoms with Gasteiger partial charge in [-0.05, 0) is 12.1 Å². The number of aliphatic carboxylic acids is 1. The summed E-state index contributed by atoms with van der Waals surface area (Å²) in [6.07, 6.45) is 1.60. The molecule has 0 bridgehead atoms. The van der Waals surface area contributed by atoms with Crippen molar-refractivity contribution in [1.29, 1.82) is 0 Å². The second kappa shape index (κ2) is 3.01. The predicted octanol–water partition coefficient (Wildman–Crippen LogP) is -0.00260. The smallest absolute Gasteiger partial charge is 0.310 e. The molecule has 2 heterocycles. The first-order valence-electron chi connectivity index (χ1n) is 4.03. The molecule has 1 aliphatic heterocycles. The Kier molecular flexibility index (Phi) is 1.84. The van der Waals surface area contributed by atoms with Crippen molar-refractivity contribution in [2.24, 2.45) is 5.92 Å². The van der Waals surface area contributed by atoms with Crippen molar-refractivity contribution in [3.63, 3.8) is 0 Å². The normalized spacial score (nSPS) is 16.8. The molecule has 0 spiro atoms. The van der Waals surface area contributed by atoms with Gasteiger partial charge in [0.2, 0.25) is 0 Å². The van der Waals surface area contributed by atoms with E-state index in [-0.39, 0.29) is 5.92 Å².